The van der Waals surface area contributed by atoms with Crippen molar-refractivity contribution in [3.05, 3.63) is 32.4 Å². The zero-order chi connectivity index (χ0) is 15.0. The molecule has 1 N–H and O–H groups in total. The fourth-order valence-electron chi connectivity index (χ4n) is 3.44. The summed E-state index contributed by atoms with van der Waals surface area (Å²) >= 11 is 2.17. The van der Waals surface area contributed by atoms with E-state index in [9.17, 15) is 13.2 Å². The molecule has 1 atom stereocenters. The van der Waals surface area contributed by atoms with Crippen LogP contribution < -0.4 is 5.32 Å². The van der Waals surface area contributed by atoms with Gasteiger partial charge >= 0.3 is 6.18 Å². The molecule has 1 aliphatic heterocycles. The number of hydrogen-bond donors (Lipinski definition) is 1. The van der Waals surface area contributed by atoms with Crippen LogP contribution in [0, 0.1) is 3.57 Å². The number of rotatable bonds is 1. The van der Waals surface area contributed by atoms with Gasteiger partial charge < -0.3 is 5.32 Å². The number of piperazine rings is 1. The summed E-state index contributed by atoms with van der Waals surface area (Å²) in [5.74, 6) is 0. The van der Waals surface area contributed by atoms with Crippen LogP contribution in [0.3, 0.4) is 0 Å². The summed E-state index contributed by atoms with van der Waals surface area (Å²) in [6.07, 6.45) is -2.13. The van der Waals surface area contributed by atoms with Gasteiger partial charge in [-0.3, -0.25) is 4.90 Å². The zero-order valence-electron chi connectivity index (χ0n) is 11.6. The summed E-state index contributed by atoms with van der Waals surface area (Å²) in [5.41, 5.74) is 1.01. The van der Waals surface area contributed by atoms with Crippen molar-refractivity contribution in [1.82, 2.24) is 10.2 Å². The quantitative estimate of drug-likeness (QED) is 0.717. The van der Waals surface area contributed by atoms with Gasteiger partial charge in [0, 0.05) is 35.8 Å². The van der Waals surface area contributed by atoms with E-state index < -0.39 is 11.7 Å². The second kappa shape index (κ2) is 6.04. The van der Waals surface area contributed by atoms with Gasteiger partial charge in [0.05, 0.1) is 5.56 Å². The number of halogens is 4. The van der Waals surface area contributed by atoms with Gasteiger partial charge in [0.1, 0.15) is 0 Å². The third kappa shape index (κ3) is 3.22. The zero-order valence-corrected chi connectivity index (χ0v) is 13.8. The minimum atomic E-state index is -4.24. The number of nitrogens with zero attached hydrogens (tertiary/aromatic N) is 1. The molecule has 1 aliphatic carbocycles. The molecule has 2 nitrogen and oxygen atoms in total. The summed E-state index contributed by atoms with van der Waals surface area (Å²) in [6.45, 7) is 3.94. The van der Waals surface area contributed by atoms with E-state index >= 15 is 0 Å². The molecule has 0 radical (unpaired) electrons. The predicted molar refractivity (Wildman–Crippen MR) is 84.4 cm³/mol. The largest absolute Gasteiger partial charge is 0.416 e. The molecule has 1 aromatic carbocycles. The molecule has 1 heterocycles. The van der Waals surface area contributed by atoms with Crippen molar-refractivity contribution in [3.63, 3.8) is 0 Å². The lowest BCUT2D eigenvalue weighted by atomic mass is 9.84. The summed E-state index contributed by atoms with van der Waals surface area (Å²) < 4.78 is 40.4. The highest BCUT2D eigenvalue weighted by molar-refractivity contribution is 14.1. The Labute approximate surface area is 136 Å². The van der Waals surface area contributed by atoms with Crippen LogP contribution in [0.1, 0.15) is 23.1 Å². The molecule has 1 fully saturated rings. The van der Waals surface area contributed by atoms with Crippen LogP contribution in [0.4, 0.5) is 13.2 Å². The van der Waals surface area contributed by atoms with E-state index in [4.69, 9.17) is 0 Å². The third-order valence-electron chi connectivity index (χ3n) is 4.51. The first-order chi connectivity index (χ1) is 9.97. The summed E-state index contributed by atoms with van der Waals surface area (Å²) in [4.78, 5) is 2.43. The highest BCUT2D eigenvalue weighted by Crippen LogP contribution is 2.38. The van der Waals surface area contributed by atoms with Crippen molar-refractivity contribution in [3.8, 4) is 0 Å². The minimum absolute atomic E-state index is 0.386. The first-order valence-electron chi connectivity index (χ1n) is 7.29. The molecule has 2 aliphatic rings. The number of benzene rings is 1. The summed E-state index contributed by atoms with van der Waals surface area (Å²) in [6, 6.07) is 3.24. The van der Waals surface area contributed by atoms with Crippen molar-refractivity contribution >= 4 is 22.6 Å². The van der Waals surface area contributed by atoms with Crippen molar-refractivity contribution < 1.29 is 13.2 Å². The van der Waals surface area contributed by atoms with E-state index in [1.165, 1.54) is 6.07 Å². The van der Waals surface area contributed by atoms with Crippen LogP contribution in [0.5, 0.6) is 0 Å². The lowest BCUT2D eigenvalue weighted by molar-refractivity contribution is -0.138. The van der Waals surface area contributed by atoms with Gasteiger partial charge in [-0.05, 0) is 65.1 Å². The molecular formula is C15H18F3IN2. The Bertz CT molecular complexity index is 524. The molecule has 1 saturated heterocycles. The van der Waals surface area contributed by atoms with E-state index in [0.29, 0.717) is 18.0 Å². The fourth-order valence-corrected chi connectivity index (χ4v) is 4.17. The molecule has 0 aromatic heterocycles. The maximum absolute atomic E-state index is 13.1. The average Bonchev–Trinajstić information content (AvgIpc) is 2.47. The standard InChI is InChI=1S/C15H18F3IN2/c16-15(17,18)13-3-4-14(19)12-9-10(1-2-11(12)13)21-7-5-20-6-8-21/h3-4,10,20H,1-2,5-9H2. The van der Waals surface area contributed by atoms with Gasteiger partial charge in [0.2, 0.25) is 0 Å². The fraction of sp³-hybridized carbons (Fsp3) is 0.600. The second-order valence-electron chi connectivity index (χ2n) is 5.73. The van der Waals surface area contributed by atoms with Crippen molar-refractivity contribution in [2.45, 2.75) is 31.5 Å². The van der Waals surface area contributed by atoms with Crippen LogP contribution in [-0.4, -0.2) is 37.1 Å². The molecule has 116 valence electrons. The van der Waals surface area contributed by atoms with Crippen molar-refractivity contribution in [2.24, 2.45) is 0 Å². The third-order valence-corrected chi connectivity index (χ3v) is 5.53. The Morgan fingerprint density at radius 1 is 1.14 bits per heavy atom. The van der Waals surface area contributed by atoms with Crippen LogP contribution in [0.25, 0.3) is 0 Å². The van der Waals surface area contributed by atoms with E-state index in [0.717, 1.165) is 48.2 Å². The number of alkyl halides is 3. The van der Waals surface area contributed by atoms with Crippen molar-refractivity contribution in [1.29, 1.82) is 0 Å². The van der Waals surface area contributed by atoms with Gasteiger partial charge in [-0.2, -0.15) is 13.2 Å². The Morgan fingerprint density at radius 2 is 1.86 bits per heavy atom. The lowest BCUT2D eigenvalue weighted by Crippen LogP contribution is -2.50. The van der Waals surface area contributed by atoms with E-state index in [1.807, 2.05) is 0 Å². The second-order valence-corrected chi connectivity index (χ2v) is 6.89. The number of hydrogen-bond acceptors (Lipinski definition) is 2. The molecule has 21 heavy (non-hydrogen) atoms. The normalized spacial score (nSPS) is 23.9. The molecule has 3 rings (SSSR count). The van der Waals surface area contributed by atoms with Gasteiger partial charge in [-0.1, -0.05) is 0 Å². The number of nitrogens with one attached hydrogen (secondary N) is 1. The Morgan fingerprint density at radius 3 is 2.52 bits per heavy atom. The first kappa shape index (κ1) is 15.6. The minimum Gasteiger partial charge on any atom is -0.314 e. The molecule has 0 spiro atoms. The predicted octanol–water partition coefficient (Wildman–Crippen LogP) is 3.07. The Balaban J connectivity index is 1.88. The highest BCUT2D eigenvalue weighted by atomic mass is 127. The van der Waals surface area contributed by atoms with Crippen molar-refractivity contribution in [2.75, 3.05) is 26.2 Å². The first-order valence-corrected chi connectivity index (χ1v) is 8.37. The van der Waals surface area contributed by atoms with Gasteiger partial charge in [-0.15, -0.1) is 0 Å². The van der Waals surface area contributed by atoms with E-state index in [-0.39, 0.29) is 0 Å². The molecular weight excluding hydrogens is 392 g/mol. The van der Waals surface area contributed by atoms with E-state index in [2.05, 4.69) is 32.8 Å². The van der Waals surface area contributed by atoms with Gasteiger partial charge in [0.25, 0.3) is 0 Å². The molecule has 1 unspecified atom stereocenters. The summed E-state index contributed by atoms with van der Waals surface area (Å²) in [7, 11) is 0. The van der Waals surface area contributed by atoms with Crippen LogP contribution in [-0.2, 0) is 19.0 Å². The smallest absolute Gasteiger partial charge is 0.314 e. The Kier molecular flexibility index (Phi) is 4.47. The maximum atomic E-state index is 13.1. The van der Waals surface area contributed by atoms with Gasteiger partial charge in [-0.25, -0.2) is 0 Å². The molecule has 1 aromatic rings. The summed E-state index contributed by atoms with van der Waals surface area (Å²) in [5, 5.41) is 3.32. The lowest BCUT2D eigenvalue weighted by Gasteiger charge is -2.38. The molecule has 0 saturated carbocycles. The monoisotopic (exact) mass is 410 g/mol. The number of fused-ring (bicyclic) bond motifs is 1. The van der Waals surface area contributed by atoms with Crippen LogP contribution in [0.15, 0.2) is 12.1 Å². The van der Waals surface area contributed by atoms with Crippen LogP contribution >= 0.6 is 22.6 Å². The van der Waals surface area contributed by atoms with Gasteiger partial charge in [0.15, 0.2) is 0 Å². The van der Waals surface area contributed by atoms with Crippen LogP contribution in [0.2, 0.25) is 0 Å². The Hall–Kier alpha value is -0.340. The molecule has 6 heteroatoms. The SMILES string of the molecule is FC(F)(F)c1ccc(I)c2c1CCC(N1CCNCC1)C2. The highest BCUT2D eigenvalue weighted by Gasteiger charge is 2.37. The average molecular weight is 410 g/mol. The molecule has 0 bridgehead atoms. The van der Waals surface area contributed by atoms with E-state index in [1.54, 1.807) is 6.07 Å². The molecule has 0 amide bonds. The maximum Gasteiger partial charge on any atom is 0.416 e. The topological polar surface area (TPSA) is 15.3 Å².